The van der Waals surface area contributed by atoms with Crippen LogP contribution in [0.15, 0.2) is 51.6 Å². The van der Waals surface area contributed by atoms with Crippen LogP contribution >= 0.6 is 11.8 Å². The van der Waals surface area contributed by atoms with E-state index in [1.807, 2.05) is 23.8 Å². The van der Waals surface area contributed by atoms with E-state index in [0.717, 1.165) is 25.2 Å². The zero-order valence-corrected chi connectivity index (χ0v) is 24.9. The summed E-state index contributed by atoms with van der Waals surface area (Å²) in [5, 5.41) is 6.54. The SMILES string of the molecule is Cc1nc2cc(NCCCN3CCCCC3)ccc2c(=O)n1-c1ccc(NC(=O)NS(=O)(=O)C2=CCC(C)S2)cn1. The number of urea groups is 1. The van der Waals surface area contributed by atoms with E-state index >= 15 is 0 Å². The van der Waals surface area contributed by atoms with Gasteiger partial charge in [-0.05, 0) is 82.6 Å². The van der Waals surface area contributed by atoms with Crippen LogP contribution in [0.3, 0.4) is 0 Å². The average Bonchev–Trinajstić information content (AvgIpc) is 3.39. The van der Waals surface area contributed by atoms with Gasteiger partial charge in [0, 0.05) is 17.5 Å². The van der Waals surface area contributed by atoms with Crippen molar-refractivity contribution in [3.8, 4) is 5.82 Å². The van der Waals surface area contributed by atoms with Crippen molar-refractivity contribution in [1.29, 1.82) is 0 Å². The highest BCUT2D eigenvalue weighted by atomic mass is 32.3. The van der Waals surface area contributed by atoms with Crippen molar-refractivity contribution in [3.63, 3.8) is 0 Å². The number of carbonyl (C=O) groups is 1. The third kappa shape index (κ3) is 7.08. The topological polar surface area (TPSA) is 138 Å². The molecule has 1 saturated heterocycles. The van der Waals surface area contributed by atoms with Gasteiger partial charge in [0.15, 0.2) is 0 Å². The third-order valence-electron chi connectivity index (χ3n) is 7.13. The summed E-state index contributed by atoms with van der Waals surface area (Å²) in [7, 11) is -3.93. The highest BCUT2D eigenvalue weighted by Gasteiger charge is 2.27. The minimum Gasteiger partial charge on any atom is -0.385 e. The molecular formula is C28H35N7O4S2. The number of pyridine rings is 1. The average molecular weight is 598 g/mol. The third-order valence-corrected chi connectivity index (χ3v) is 10.2. The van der Waals surface area contributed by atoms with E-state index in [-0.39, 0.29) is 20.7 Å². The second kappa shape index (κ2) is 12.6. The van der Waals surface area contributed by atoms with E-state index in [0.29, 0.717) is 29.0 Å². The van der Waals surface area contributed by atoms with E-state index in [1.54, 1.807) is 31.2 Å². The molecule has 3 aromatic rings. The number of rotatable bonds is 9. The Kier molecular flexibility index (Phi) is 8.95. The number of hydrogen-bond donors (Lipinski definition) is 3. The van der Waals surface area contributed by atoms with Crippen LogP contribution < -0.4 is 20.9 Å². The molecule has 1 aromatic carbocycles. The first-order valence-electron chi connectivity index (χ1n) is 13.9. The second-order valence-electron chi connectivity index (χ2n) is 10.4. The summed E-state index contributed by atoms with van der Waals surface area (Å²) in [4.78, 5) is 37.2. The number of nitrogens with one attached hydrogen (secondary N) is 3. The number of anilines is 2. The molecule has 0 spiro atoms. The number of piperidine rings is 1. The first kappa shape index (κ1) is 29.1. The van der Waals surface area contributed by atoms with Crippen LogP contribution in [0.4, 0.5) is 16.2 Å². The van der Waals surface area contributed by atoms with Gasteiger partial charge in [-0.25, -0.2) is 32.5 Å². The lowest BCUT2D eigenvalue weighted by Gasteiger charge is -2.26. The fraction of sp³-hybridized carbons (Fsp3) is 0.429. The second-order valence-corrected chi connectivity index (χ2v) is 13.8. The van der Waals surface area contributed by atoms with E-state index in [9.17, 15) is 18.0 Å². The first-order valence-corrected chi connectivity index (χ1v) is 16.2. The van der Waals surface area contributed by atoms with Crippen molar-refractivity contribution in [2.24, 2.45) is 0 Å². The van der Waals surface area contributed by atoms with Crippen molar-refractivity contribution < 1.29 is 13.2 Å². The summed E-state index contributed by atoms with van der Waals surface area (Å²) in [6.07, 6.45) is 8.57. The summed E-state index contributed by atoms with van der Waals surface area (Å²) in [5.41, 5.74) is 1.55. The fourth-order valence-electron chi connectivity index (χ4n) is 5.05. The number of fused-ring (bicyclic) bond motifs is 1. The van der Waals surface area contributed by atoms with Gasteiger partial charge in [0.25, 0.3) is 15.6 Å². The minimum absolute atomic E-state index is 0.142. The normalized spacial score (nSPS) is 17.8. The highest BCUT2D eigenvalue weighted by Crippen LogP contribution is 2.34. The molecule has 1 unspecified atom stereocenters. The number of thioether (sulfide) groups is 1. The summed E-state index contributed by atoms with van der Waals surface area (Å²) in [6, 6.07) is 7.78. The monoisotopic (exact) mass is 597 g/mol. The molecule has 1 fully saturated rings. The molecule has 2 amide bonds. The van der Waals surface area contributed by atoms with Crippen molar-refractivity contribution in [1.82, 2.24) is 24.2 Å². The van der Waals surface area contributed by atoms with E-state index in [1.165, 1.54) is 54.9 Å². The number of allylic oxidation sites excluding steroid dienone is 1. The van der Waals surface area contributed by atoms with Gasteiger partial charge in [0.05, 0.1) is 22.8 Å². The number of hydrogen-bond acceptors (Lipinski definition) is 9. The van der Waals surface area contributed by atoms with Crippen molar-refractivity contribution >= 4 is 50.1 Å². The van der Waals surface area contributed by atoms with Crippen molar-refractivity contribution in [2.75, 3.05) is 36.8 Å². The Bertz CT molecular complexity index is 1610. The Balaban J connectivity index is 1.23. The Hall–Kier alpha value is -3.42. The molecule has 3 N–H and O–H groups in total. The molecule has 0 radical (unpaired) electrons. The highest BCUT2D eigenvalue weighted by molar-refractivity contribution is 8.18. The summed E-state index contributed by atoms with van der Waals surface area (Å²) in [5.74, 6) is 0.806. The summed E-state index contributed by atoms with van der Waals surface area (Å²) < 4.78 is 28.4. The molecule has 11 nitrogen and oxygen atoms in total. The molecule has 5 rings (SSSR count). The van der Waals surface area contributed by atoms with Gasteiger partial charge in [-0.2, -0.15) is 0 Å². The molecule has 2 aliphatic heterocycles. The molecule has 2 aromatic heterocycles. The van der Waals surface area contributed by atoms with Gasteiger partial charge in [-0.15, -0.1) is 11.8 Å². The number of aromatic nitrogens is 3. The standard InChI is InChI=1S/C28H35N7O4S2/c1-19-7-12-26(40-19)41(38,39)33-28(37)32-22-9-11-25(30-18-22)35-20(2)31-24-17-21(8-10-23(24)27(35)36)29-13-6-16-34-14-4-3-5-15-34/h8-12,17-19,29H,3-7,13-16H2,1-2H3,(H2,32,33,37). The molecule has 2 aliphatic rings. The smallest absolute Gasteiger partial charge is 0.333 e. The van der Waals surface area contributed by atoms with Gasteiger partial charge in [0.2, 0.25) is 0 Å². The Morgan fingerprint density at radius 3 is 2.61 bits per heavy atom. The van der Waals surface area contributed by atoms with Crippen LogP contribution in [-0.4, -0.2) is 65.3 Å². The number of amides is 2. The van der Waals surface area contributed by atoms with E-state index in [2.05, 4.69) is 25.5 Å². The maximum atomic E-state index is 13.4. The molecule has 4 heterocycles. The number of likely N-dealkylation sites (tertiary alicyclic amines) is 1. The van der Waals surface area contributed by atoms with Gasteiger partial charge in [-0.1, -0.05) is 19.4 Å². The van der Waals surface area contributed by atoms with Crippen LogP contribution in [0.5, 0.6) is 0 Å². The predicted octanol–water partition coefficient (Wildman–Crippen LogP) is 4.20. The Morgan fingerprint density at radius 1 is 1.12 bits per heavy atom. The van der Waals surface area contributed by atoms with Crippen molar-refractivity contribution in [3.05, 3.63) is 63.0 Å². The number of nitrogens with zero attached hydrogens (tertiary/aromatic N) is 4. The van der Waals surface area contributed by atoms with Gasteiger partial charge < -0.3 is 15.5 Å². The van der Waals surface area contributed by atoms with Crippen LogP contribution in [0, 0.1) is 6.92 Å². The number of sulfonamides is 1. The largest absolute Gasteiger partial charge is 0.385 e. The number of aryl methyl sites for hydroxylation is 1. The number of benzene rings is 1. The lowest BCUT2D eigenvalue weighted by molar-refractivity contribution is 0.228. The maximum absolute atomic E-state index is 13.4. The quantitative estimate of drug-likeness (QED) is 0.310. The molecule has 1 atom stereocenters. The van der Waals surface area contributed by atoms with Crippen LogP contribution in [-0.2, 0) is 10.0 Å². The van der Waals surface area contributed by atoms with Crippen LogP contribution in [0.1, 0.15) is 44.9 Å². The molecule has 0 bridgehead atoms. The fourth-order valence-corrected chi connectivity index (χ4v) is 7.66. The molecule has 0 saturated carbocycles. The zero-order valence-electron chi connectivity index (χ0n) is 23.2. The molecule has 13 heteroatoms. The molecular weight excluding hydrogens is 562 g/mol. The Morgan fingerprint density at radius 2 is 1.90 bits per heavy atom. The number of carbonyl (C=O) groups excluding carboxylic acids is 1. The lowest BCUT2D eigenvalue weighted by atomic mass is 10.1. The van der Waals surface area contributed by atoms with Crippen LogP contribution in [0.25, 0.3) is 16.7 Å². The molecule has 218 valence electrons. The summed E-state index contributed by atoms with van der Waals surface area (Å²) >= 11 is 1.21. The maximum Gasteiger partial charge on any atom is 0.333 e. The van der Waals surface area contributed by atoms with Gasteiger partial charge >= 0.3 is 6.03 Å². The van der Waals surface area contributed by atoms with E-state index < -0.39 is 16.1 Å². The van der Waals surface area contributed by atoms with Crippen molar-refractivity contribution in [2.45, 2.75) is 51.2 Å². The lowest BCUT2D eigenvalue weighted by Crippen LogP contribution is -2.34. The Labute approximate surface area is 243 Å². The van der Waals surface area contributed by atoms with Crippen LogP contribution in [0.2, 0.25) is 0 Å². The first-order chi connectivity index (χ1) is 19.7. The van der Waals surface area contributed by atoms with Gasteiger partial charge in [-0.3, -0.25) is 4.79 Å². The summed E-state index contributed by atoms with van der Waals surface area (Å²) in [6.45, 7) is 7.98. The predicted molar refractivity (Wildman–Crippen MR) is 164 cm³/mol. The molecule has 0 aliphatic carbocycles. The minimum atomic E-state index is -3.93. The van der Waals surface area contributed by atoms with E-state index in [4.69, 9.17) is 0 Å². The van der Waals surface area contributed by atoms with Gasteiger partial charge in [0.1, 0.15) is 15.9 Å². The zero-order chi connectivity index (χ0) is 29.0. The molecule has 41 heavy (non-hydrogen) atoms.